The van der Waals surface area contributed by atoms with Gasteiger partial charge in [0.05, 0.1) is 5.54 Å². The van der Waals surface area contributed by atoms with Gasteiger partial charge in [0.25, 0.3) is 0 Å². The second-order valence-electron chi connectivity index (χ2n) is 8.82. The van der Waals surface area contributed by atoms with Gasteiger partial charge in [0.15, 0.2) is 0 Å². The molecule has 4 heteroatoms. The number of carbonyl (C=O) groups is 1. The highest BCUT2D eigenvalue weighted by Crippen LogP contribution is 2.55. The quantitative estimate of drug-likeness (QED) is 0.877. The molecule has 128 valence electrons. The Bertz CT molecular complexity index is 662. The normalized spacial score (nSPS) is 43.3. The predicted octanol–water partition coefficient (Wildman–Crippen LogP) is 3.89. The molecule has 1 aliphatic heterocycles. The number of rotatable bonds is 2. The van der Waals surface area contributed by atoms with Gasteiger partial charge in [-0.15, -0.1) is 0 Å². The molecular formula is C20H25FN2O. The topological polar surface area (TPSA) is 32.3 Å². The summed E-state index contributed by atoms with van der Waals surface area (Å²) in [4.78, 5) is 14.9. The molecule has 1 atom stereocenters. The summed E-state index contributed by atoms with van der Waals surface area (Å²) in [6, 6.07) is 7.10. The Hall–Kier alpha value is -1.58. The first-order valence-corrected chi connectivity index (χ1v) is 9.37. The minimum Gasteiger partial charge on any atom is -0.327 e. The molecule has 24 heavy (non-hydrogen) atoms. The van der Waals surface area contributed by atoms with Gasteiger partial charge in [-0.05, 0) is 80.4 Å². The SMILES string of the molecule is CC1(c2cccc(F)c2)CN(C2C3CC4CC(C3)CC2C4)C(=O)N1. The van der Waals surface area contributed by atoms with E-state index in [1.165, 1.54) is 38.2 Å². The Labute approximate surface area is 142 Å². The van der Waals surface area contributed by atoms with Crippen LogP contribution in [-0.4, -0.2) is 23.5 Å². The molecule has 0 aromatic heterocycles. The van der Waals surface area contributed by atoms with Crippen molar-refractivity contribution in [1.29, 1.82) is 0 Å². The summed E-state index contributed by atoms with van der Waals surface area (Å²) < 4.78 is 13.6. The number of nitrogens with zero attached hydrogens (tertiary/aromatic N) is 1. The molecule has 1 N–H and O–H groups in total. The molecule has 1 saturated heterocycles. The first-order valence-electron chi connectivity index (χ1n) is 9.37. The summed E-state index contributed by atoms with van der Waals surface area (Å²) in [5.74, 6) is 2.94. The molecule has 5 aliphatic rings. The maximum Gasteiger partial charge on any atom is 0.318 e. The monoisotopic (exact) mass is 328 g/mol. The van der Waals surface area contributed by atoms with Gasteiger partial charge in [-0.25, -0.2) is 9.18 Å². The van der Waals surface area contributed by atoms with E-state index in [4.69, 9.17) is 0 Å². The number of carbonyl (C=O) groups excluding carboxylic acids is 1. The number of nitrogens with one attached hydrogen (secondary N) is 1. The minimum atomic E-state index is -0.492. The van der Waals surface area contributed by atoms with Crippen LogP contribution in [0.3, 0.4) is 0 Å². The molecule has 4 aliphatic carbocycles. The van der Waals surface area contributed by atoms with E-state index in [0.29, 0.717) is 24.4 Å². The van der Waals surface area contributed by atoms with Crippen LogP contribution >= 0.6 is 0 Å². The number of hydrogen-bond donors (Lipinski definition) is 1. The van der Waals surface area contributed by atoms with Crippen LogP contribution < -0.4 is 5.32 Å². The molecule has 3 nitrogen and oxygen atoms in total. The fourth-order valence-corrected chi connectivity index (χ4v) is 6.40. The van der Waals surface area contributed by atoms with E-state index < -0.39 is 5.54 Å². The van der Waals surface area contributed by atoms with Gasteiger partial charge in [0.1, 0.15) is 5.82 Å². The Morgan fingerprint density at radius 3 is 2.42 bits per heavy atom. The number of amides is 2. The van der Waals surface area contributed by atoms with Crippen LogP contribution in [0.15, 0.2) is 24.3 Å². The van der Waals surface area contributed by atoms with Crippen molar-refractivity contribution in [2.45, 2.75) is 50.6 Å². The van der Waals surface area contributed by atoms with E-state index in [9.17, 15) is 9.18 Å². The minimum absolute atomic E-state index is 0.0410. The second-order valence-corrected chi connectivity index (χ2v) is 8.82. The van der Waals surface area contributed by atoms with Crippen LogP contribution in [0.4, 0.5) is 9.18 Å². The van der Waals surface area contributed by atoms with Gasteiger partial charge in [0, 0.05) is 12.6 Å². The van der Waals surface area contributed by atoms with Gasteiger partial charge in [-0.1, -0.05) is 12.1 Å². The Morgan fingerprint density at radius 1 is 1.12 bits per heavy atom. The Balaban J connectivity index is 1.43. The first kappa shape index (κ1) is 14.7. The Kier molecular flexibility index (Phi) is 3.05. The van der Waals surface area contributed by atoms with Gasteiger partial charge < -0.3 is 10.2 Å². The average molecular weight is 328 g/mol. The van der Waals surface area contributed by atoms with Crippen LogP contribution in [0.2, 0.25) is 0 Å². The molecular weight excluding hydrogens is 303 g/mol. The first-order chi connectivity index (χ1) is 11.5. The molecule has 1 aromatic carbocycles. The third-order valence-electron chi connectivity index (χ3n) is 7.13. The largest absolute Gasteiger partial charge is 0.327 e. The fraction of sp³-hybridized carbons (Fsp3) is 0.650. The van der Waals surface area contributed by atoms with E-state index in [0.717, 1.165) is 17.4 Å². The average Bonchev–Trinajstić information content (AvgIpc) is 2.82. The van der Waals surface area contributed by atoms with Gasteiger partial charge in [-0.2, -0.15) is 0 Å². The highest BCUT2D eigenvalue weighted by Gasteiger charge is 2.54. The van der Waals surface area contributed by atoms with Gasteiger partial charge >= 0.3 is 6.03 Å². The standard InChI is InChI=1S/C20H25FN2O/c1-20(16-3-2-4-17(21)10-16)11-23(19(24)22-20)18-14-6-12-5-13(8-14)9-15(18)7-12/h2-4,10,12-15,18H,5-9,11H2,1H3,(H,22,24). The van der Waals surface area contributed by atoms with Gasteiger partial charge in [0.2, 0.25) is 0 Å². The number of hydrogen-bond acceptors (Lipinski definition) is 1. The molecule has 6 rings (SSSR count). The van der Waals surface area contributed by atoms with Crippen LogP contribution in [0, 0.1) is 29.5 Å². The molecule has 4 saturated carbocycles. The lowest BCUT2D eigenvalue weighted by Gasteiger charge is -2.56. The molecule has 4 bridgehead atoms. The molecule has 0 spiro atoms. The van der Waals surface area contributed by atoms with Crippen molar-refractivity contribution in [2.75, 3.05) is 6.54 Å². The molecule has 1 unspecified atom stereocenters. The summed E-state index contributed by atoms with van der Waals surface area (Å²) >= 11 is 0. The lowest BCUT2D eigenvalue weighted by Crippen LogP contribution is -2.56. The molecule has 2 amide bonds. The Morgan fingerprint density at radius 2 is 1.79 bits per heavy atom. The zero-order chi connectivity index (χ0) is 16.5. The van der Waals surface area contributed by atoms with Crippen molar-refractivity contribution in [1.82, 2.24) is 10.2 Å². The van der Waals surface area contributed by atoms with Crippen LogP contribution in [0.1, 0.15) is 44.6 Å². The van der Waals surface area contributed by atoms with Crippen molar-refractivity contribution >= 4 is 6.03 Å². The lowest BCUT2D eigenvalue weighted by molar-refractivity contribution is -0.0483. The van der Waals surface area contributed by atoms with Crippen molar-refractivity contribution in [3.05, 3.63) is 35.6 Å². The van der Waals surface area contributed by atoms with Crippen molar-refractivity contribution in [3.8, 4) is 0 Å². The number of halogens is 1. The highest BCUT2D eigenvalue weighted by molar-refractivity contribution is 5.78. The smallest absolute Gasteiger partial charge is 0.318 e. The summed E-state index contributed by atoms with van der Waals surface area (Å²) in [5, 5.41) is 3.15. The van der Waals surface area contributed by atoms with Crippen molar-refractivity contribution in [3.63, 3.8) is 0 Å². The van der Waals surface area contributed by atoms with Crippen LogP contribution in [0.5, 0.6) is 0 Å². The molecule has 0 radical (unpaired) electrons. The number of benzene rings is 1. The van der Waals surface area contributed by atoms with Crippen LogP contribution in [-0.2, 0) is 5.54 Å². The van der Waals surface area contributed by atoms with E-state index >= 15 is 0 Å². The summed E-state index contributed by atoms with van der Waals surface area (Å²) in [5.41, 5.74) is 0.371. The summed E-state index contributed by atoms with van der Waals surface area (Å²) in [6.45, 7) is 2.68. The zero-order valence-corrected chi connectivity index (χ0v) is 14.2. The summed E-state index contributed by atoms with van der Waals surface area (Å²) in [6.07, 6.45) is 6.64. The third-order valence-corrected chi connectivity index (χ3v) is 7.13. The maximum atomic E-state index is 13.6. The third kappa shape index (κ3) is 2.11. The zero-order valence-electron chi connectivity index (χ0n) is 14.2. The fourth-order valence-electron chi connectivity index (χ4n) is 6.40. The molecule has 1 aromatic rings. The van der Waals surface area contributed by atoms with E-state index in [1.807, 2.05) is 13.0 Å². The molecule has 5 fully saturated rings. The summed E-state index contributed by atoms with van der Waals surface area (Å²) in [7, 11) is 0. The van der Waals surface area contributed by atoms with E-state index in [1.54, 1.807) is 12.1 Å². The van der Waals surface area contributed by atoms with E-state index in [2.05, 4.69) is 10.2 Å². The lowest BCUT2D eigenvalue weighted by atomic mass is 9.54. The van der Waals surface area contributed by atoms with Crippen molar-refractivity contribution < 1.29 is 9.18 Å². The maximum absolute atomic E-state index is 13.6. The van der Waals surface area contributed by atoms with Crippen molar-refractivity contribution in [2.24, 2.45) is 23.7 Å². The number of urea groups is 1. The van der Waals surface area contributed by atoms with Gasteiger partial charge in [-0.3, -0.25) is 0 Å². The second kappa shape index (κ2) is 4.96. The highest BCUT2D eigenvalue weighted by atomic mass is 19.1. The predicted molar refractivity (Wildman–Crippen MR) is 89.8 cm³/mol. The van der Waals surface area contributed by atoms with E-state index in [-0.39, 0.29) is 11.8 Å². The molecule has 1 heterocycles. The van der Waals surface area contributed by atoms with Crippen LogP contribution in [0.25, 0.3) is 0 Å².